The number of nitrogens with one attached hydrogen (secondary N) is 1. The first-order valence-electron chi connectivity index (χ1n) is 8.21. The van der Waals surface area contributed by atoms with Gasteiger partial charge in [-0.05, 0) is 36.4 Å². The minimum Gasteiger partial charge on any atom is -0.352 e. The normalized spacial score (nSPS) is 10.8. The Morgan fingerprint density at radius 3 is 2.60 bits per heavy atom. The minimum absolute atomic E-state index is 0.192. The summed E-state index contributed by atoms with van der Waals surface area (Å²) in [5.74, 6) is 0.607. The van der Waals surface area contributed by atoms with Crippen molar-refractivity contribution in [3.63, 3.8) is 0 Å². The van der Waals surface area contributed by atoms with Crippen LogP contribution in [0.15, 0.2) is 70.5 Å². The lowest BCUT2D eigenvalue weighted by molar-refractivity contribution is 0.0952. The second-order valence-corrected chi connectivity index (χ2v) is 6.94. The first-order chi connectivity index (χ1) is 12.2. The number of pyridine rings is 1. The average Bonchev–Trinajstić information content (AvgIpc) is 2.65. The summed E-state index contributed by atoms with van der Waals surface area (Å²) >= 11 is 1.76. The Kier molecular flexibility index (Phi) is 5.56. The molecule has 1 N–H and O–H groups in total. The summed E-state index contributed by atoms with van der Waals surface area (Å²) in [5, 5.41) is 3.42. The van der Waals surface area contributed by atoms with E-state index in [2.05, 4.69) is 17.4 Å². The summed E-state index contributed by atoms with van der Waals surface area (Å²) in [4.78, 5) is 26.1. The number of amides is 1. The van der Waals surface area contributed by atoms with Crippen LogP contribution in [0.3, 0.4) is 0 Å². The van der Waals surface area contributed by atoms with Crippen molar-refractivity contribution in [1.82, 2.24) is 9.88 Å². The third kappa shape index (κ3) is 4.12. The Hall–Kier alpha value is -2.53. The number of aryl methyl sites for hydroxylation is 1. The molecule has 0 aliphatic rings. The molecule has 2 aromatic carbocycles. The number of hydrogen-bond donors (Lipinski definition) is 1. The van der Waals surface area contributed by atoms with E-state index in [1.807, 2.05) is 48.0 Å². The number of nitrogens with zero attached hydrogens (tertiary/aromatic N) is 1. The van der Waals surface area contributed by atoms with Crippen LogP contribution < -0.4 is 10.7 Å². The molecule has 5 heteroatoms. The number of benzene rings is 2. The van der Waals surface area contributed by atoms with Crippen LogP contribution in [0, 0.1) is 0 Å². The van der Waals surface area contributed by atoms with E-state index in [1.165, 1.54) is 4.90 Å². The predicted molar refractivity (Wildman–Crippen MR) is 103 cm³/mol. The summed E-state index contributed by atoms with van der Waals surface area (Å²) in [6.45, 7) is 0.550. The van der Waals surface area contributed by atoms with Crippen LogP contribution in [-0.2, 0) is 7.05 Å². The van der Waals surface area contributed by atoms with Gasteiger partial charge in [0.05, 0.1) is 5.52 Å². The molecule has 1 heterocycles. The van der Waals surface area contributed by atoms with E-state index >= 15 is 0 Å². The van der Waals surface area contributed by atoms with Crippen LogP contribution in [0.5, 0.6) is 0 Å². The lowest BCUT2D eigenvalue weighted by atomic mass is 10.1. The Balaban J connectivity index is 1.59. The Labute approximate surface area is 150 Å². The minimum atomic E-state index is -0.309. The second-order valence-electron chi connectivity index (χ2n) is 5.77. The Bertz CT molecular complexity index is 935. The first kappa shape index (κ1) is 17.3. The lowest BCUT2D eigenvalue weighted by Crippen LogP contribution is -2.30. The van der Waals surface area contributed by atoms with Crippen LogP contribution in [0.2, 0.25) is 0 Å². The summed E-state index contributed by atoms with van der Waals surface area (Å²) < 4.78 is 1.82. The van der Waals surface area contributed by atoms with Gasteiger partial charge in [-0.3, -0.25) is 9.59 Å². The van der Waals surface area contributed by atoms with Crippen LogP contribution in [0.1, 0.15) is 16.8 Å². The number of thioether (sulfide) groups is 1. The van der Waals surface area contributed by atoms with Crippen molar-refractivity contribution in [2.24, 2.45) is 7.05 Å². The van der Waals surface area contributed by atoms with Gasteiger partial charge in [-0.25, -0.2) is 0 Å². The van der Waals surface area contributed by atoms with E-state index in [-0.39, 0.29) is 16.9 Å². The van der Waals surface area contributed by atoms with Crippen molar-refractivity contribution >= 4 is 28.6 Å². The first-order valence-corrected chi connectivity index (χ1v) is 9.20. The zero-order chi connectivity index (χ0) is 17.6. The second kappa shape index (κ2) is 8.03. The van der Waals surface area contributed by atoms with E-state index in [0.717, 1.165) is 17.7 Å². The molecule has 128 valence electrons. The Morgan fingerprint density at radius 1 is 1.08 bits per heavy atom. The number of carbonyl (C=O) groups is 1. The molecule has 0 fully saturated rings. The van der Waals surface area contributed by atoms with Crippen molar-refractivity contribution < 1.29 is 4.79 Å². The molecule has 0 aliphatic carbocycles. The summed E-state index contributed by atoms with van der Waals surface area (Å²) in [7, 11) is 1.84. The number of para-hydroxylation sites is 1. The molecular formula is C20H20N2O2S. The molecule has 0 radical (unpaired) electrons. The highest BCUT2D eigenvalue weighted by Crippen LogP contribution is 2.17. The fraction of sp³-hybridized carbons (Fsp3) is 0.200. The molecule has 0 saturated heterocycles. The van der Waals surface area contributed by atoms with Gasteiger partial charge in [0, 0.05) is 30.1 Å². The topological polar surface area (TPSA) is 51.1 Å². The van der Waals surface area contributed by atoms with Crippen molar-refractivity contribution in [1.29, 1.82) is 0 Å². The van der Waals surface area contributed by atoms with Crippen molar-refractivity contribution in [2.45, 2.75) is 11.3 Å². The average molecular weight is 352 g/mol. The van der Waals surface area contributed by atoms with Gasteiger partial charge in [-0.15, -0.1) is 11.8 Å². The third-order valence-electron chi connectivity index (χ3n) is 3.96. The van der Waals surface area contributed by atoms with Gasteiger partial charge in [0.2, 0.25) is 5.43 Å². The van der Waals surface area contributed by atoms with Crippen LogP contribution in [-0.4, -0.2) is 22.8 Å². The third-order valence-corrected chi connectivity index (χ3v) is 5.06. The van der Waals surface area contributed by atoms with Crippen molar-refractivity contribution in [3.8, 4) is 0 Å². The molecule has 0 spiro atoms. The molecule has 3 aromatic rings. The molecule has 4 nitrogen and oxygen atoms in total. The fourth-order valence-corrected chi connectivity index (χ4v) is 3.55. The van der Waals surface area contributed by atoms with Crippen LogP contribution >= 0.6 is 11.8 Å². The smallest absolute Gasteiger partial charge is 0.256 e. The monoisotopic (exact) mass is 352 g/mol. The van der Waals surface area contributed by atoms with E-state index in [1.54, 1.807) is 24.0 Å². The highest BCUT2D eigenvalue weighted by atomic mass is 32.2. The lowest BCUT2D eigenvalue weighted by Gasteiger charge is -2.09. The largest absolute Gasteiger partial charge is 0.352 e. The number of rotatable bonds is 6. The zero-order valence-electron chi connectivity index (χ0n) is 14.1. The van der Waals surface area contributed by atoms with E-state index in [4.69, 9.17) is 0 Å². The van der Waals surface area contributed by atoms with Gasteiger partial charge in [-0.1, -0.05) is 30.3 Å². The van der Waals surface area contributed by atoms with Gasteiger partial charge in [0.15, 0.2) is 0 Å². The molecule has 0 bridgehead atoms. The van der Waals surface area contributed by atoms with Gasteiger partial charge >= 0.3 is 0 Å². The molecule has 1 amide bonds. The Morgan fingerprint density at radius 2 is 1.80 bits per heavy atom. The van der Waals surface area contributed by atoms with Gasteiger partial charge < -0.3 is 9.88 Å². The van der Waals surface area contributed by atoms with E-state index in [0.29, 0.717) is 11.9 Å². The van der Waals surface area contributed by atoms with Crippen molar-refractivity contribution in [2.75, 3.05) is 12.3 Å². The highest BCUT2D eigenvalue weighted by Gasteiger charge is 2.13. The molecule has 0 saturated carbocycles. The van der Waals surface area contributed by atoms with E-state index < -0.39 is 0 Å². The maximum absolute atomic E-state index is 12.5. The summed E-state index contributed by atoms with van der Waals surface area (Å²) in [6, 6.07) is 17.5. The van der Waals surface area contributed by atoms with Crippen LogP contribution in [0.4, 0.5) is 0 Å². The molecule has 1 aromatic heterocycles. The molecule has 25 heavy (non-hydrogen) atoms. The zero-order valence-corrected chi connectivity index (χ0v) is 14.9. The van der Waals surface area contributed by atoms with E-state index in [9.17, 15) is 9.59 Å². The number of fused-ring (bicyclic) bond motifs is 1. The van der Waals surface area contributed by atoms with Gasteiger partial charge in [0.25, 0.3) is 5.91 Å². The highest BCUT2D eigenvalue weighted by molar-refractivity contribution is 7.99. The number of aromatic nitrogens is 1. The summed E-state index contributed by atoms with van der Waals surface area (Å²) in [6.07, 6.45) is 2.46. The van der Waals surface area contributed by atoms with Gasteiger partial charge in [-0.2, -0.15) is 0 Å². The molecular weight excluding hydrogens is 332 g/mol. The number of hydrogen-bond acceptors (Lipinski definition) is 3. The maximum Gasteiger partial charge on any atom is 0.256 e. The van der Waals surface area contributed by atoms with Crippen molar-refractivity contribution in [3.05, 3.63) is 76.6 Å². The maximum atomic E-state index is 12.5. The predicted octanol–water partition coefficient (Wildman–Crippen LogP) is 3.45. The molecule has 0 unspecified atom stereocenters. The van der Waals surface area contributed by atoms with Crippen LogP contribution in [0.25, 0.3) is 10.9 Å². The summed E-state index contributed by atoms with van der Waals surface area (Å²) in [5.41, 5.74) is 0.796. The SMILES string of the molecule is Cn1cc(C(=O)NCCCSc2ccccc2)c(=O)c2ccccc21. The number of carbonyl (C=O) groups excluding carboxylic acids is 1. The molecule has 3 rings (SSSR count). The quantitative estimate of drug-likeness (QED) is 0.546. The molecule has 0 aliphatic heterocycles. The fourth-order valence-electron chi connectivity index (χ4n) is 2.68. The standard InChI is InChI=1S/C20H20N2O2S/c1-22-14-17(19(23)16-10-5-6-11-18(16)22)20(24)21-12-7-13-25-15-8-3-2-4-9-15/h2-6,8-11,14H,7,12-13H2,1H3,(H,21,24). The van der Waals surface area contributed by atoms with Gasteiger partial charge in [0.1, 0.15) is 5.56 Å². The molecule has 0 atom stereocenters.